The fourth-order valence-corrected chi connectivity index (χ4v) is 5.26. The smallest absolute Gasteiger partial charge is 0.336 e. The molecule has 0 aliphatic carbocycles. The first kappa shape index (κ1) is 19.0. The van der Waals surface area contributed by atoms with Crippen LogP contribution in [-0.2, 0) is 12.8 Å². The van der Waals surface area contributed by atoms with Gasteiger partial charge in [0.15, 0.2) is 5.16 Å². The Morgan fingerprint density at radius 1 is 1.11 bits per heavy atom. The molecule has 144 valence electrons. The minimum atomic E-state index is -0.367. The van der Waals surface area contributed by atoms with Crippen molar-refractivity contribution in [3.63, 3.8) is 0 Å². The number of thiophene rings is 1. The summed E-state index contributed by atoms with van der Waals surface area (Å²) in [5.41, 5.74) is 4.30. The van der Waals surface area contributed by atoms with Crippen molar-refractivity contribution in [1.29, 1.82) is 0 Å². The molecule has 0 aliphatic rings. The minimum Gasteiger partial charge on any atom is -0.423 e. The number of hydrogen-bond donors (Lipinski definition) is 0. The van der Waals surface area contributed by atoms with Crippen LogP contribution >= 0.6 is 23.1 Å². The van der Waals surface area contributed by atoms with Crippen molar-refractivity contribution in [2.45, 2.75) is 38.6 Å². The number of benzene rings is 1. The van der Waals surface area contributed by atoms with Crippen molar-refractivity contribution in [2.24, 2.45) is 7.05 Å². The van der Waals surface area contributed by atoms with Crippen molar-refractivity contribution < 1.29 is 4.42 Å². The van der Waals surface area contributed by atoms with E-state index in [1.165, 1.54) is 17.8 Å². The molecule has 0 atom stereocenters. The van der Waals surface area contributed by atoms with Gasteiger partial charge in [0.1, 0.15) is 10.4 Å². The van der Waals surface area contributed by atoms with E-state index in [1.54, 1.807) is 23.0 Å². The van der Waals surface area contributed by atoms with E-state index in [4.69, 9.17) is 9.40 Å². The van der Waals surface area contributed by atoms with E-state index in [0.29, 0.717) is 21.9 Å². The Labute approximate surface area is 170 Å². The number of fused-ring (bicyclic) bond motifs is 2. The summed E-state index contributed by atoms with van der Waals surface area (Å²) in [6.07, 6.45) is 0. The highest BCUT2D eigenvalue weighted by atomic mass is 32.2. The molecule has 5 nitrogen and oxygen atoms in total. The molecular weight excluding hydrogens is 392 g/mol. The van der Waals surface area contributed by atoms with E-state index >= 15 is 0 Å². The molecule has 4 rings (SSSR count). The van der Waals surface area contributed by atoms with Gasteiger partial charge in [-0.25, -0.2) is 9.78 Å². The van der Waals surface area contributed by atoms with E-state index in [0.717, 1.165) is 37.3 Å². The van der Waals surface area contributed by atoms with E-state index in [9.17, 15) is 9.59 Å². The van der Waals surface area contributed by atoms with Gasteiger partial charge in [0, 0.05) is 29.1 Å². The monoisotopic (exact) mass is 412 g/mol. The Balaban J connectivity index is 1.78. The summed E-state index contributed by atoms with van der Waals surface area (Å²) in [6, 6.07) is 5.48. The van der Waals surface area contributed by atoms with Gasteiger partial charge in [0.25, 0.3) is 5.56 Å². The molecule has 3 heterocycles. The summed E-state index contributed by atoms with van der Waals surface area (Å²) in [5, 5.41) is 2.26. The molecule has 0 saturated carbocycles. The number of aryl methyl sites for hydroxylation is 4. The summed E-state index contributed by atoms with van der Waals surface area (Å²) in [7, 11) is 1.74. The molecule has 1 aromatic carbocycles. The lowest BCUT2D eigenvalue weighted by atomic mass is 10.0. The van der Waals surface area contributed by atoms with Gasteiger partial charge in [-0.1, -0.05) is 11.8 Å². The van der Waals surface area contributed by atoms with E-state index in [-0.39, 0.29) is 11.2 Å². The Morgan fingerprint density at radius 3 is 2.57 bits per heavy atom. The van der Waals surface area contributed by atoms with Crippen LogP contribution < -0.4 is 11.2 Å². The van der Waals surface area contributed by atoms with Crippen LogP contribution in [0.25, 0.3) is 21.2 Å². The highest BCUT2D eigenvalue weighted by molar-refractivity contribution is 7.98. The van der Waals surface area contributed by atoms with Crippen LogP contribution in [-0.4, -0.2) is 9.55 Å². The zero-order valence-electron chi connectivity index (χ0n) is 16.4. The number of rotatable bonds is 3. The van der Waals surface area contributed by atoms with Crippen LogP contribution in [0.15, 0.2) is 37.4 Å². The maximum absolute atomic E-state index is 12.8. The molecule has 0 amide bonds. The topological polar surface area (TPSA) is 65.1 Å². The number of hydrogen-bond acceptors (Lipinski definition) is 6. The third-order valence-corrected chi connectivity index (χ3v) is 7.35. The average molecular weight is 413 g/mol. The van der Waals surface area contributed by atoms with Crippen molar-refractivity contribution in [1.82, 2.24) is 9.55 Å². The molecule has 4 aromatic rings. The van der Waals surface area contributed by atoms with Gasteiger partial charge in [-0.2, -0.15) is 0 Å². The van der Waals surface area contributed by atoms with Gasteiger partial charge < -0.3 is 4.42 Å². The van der Waals surface area contributed by atoms with Gasteiger partial charge in [-0.3, -0.25) is 9.36 Å². The lowest BCUT2D eigenvalue weighted by Gasteiger charge is -2.10. The highest BCUT2D eigenvalue weighted by Crippen LogP contribution is 2.30. The Bertz CT molecular complexity index is 1360. The fraction of sp³-hybridized carbons (Fsp3) is 0.286. The SMILES string of the molecule is Cc1cc2oc(=O)cc(CSc3nc4sc(C)c(C)c4c(=O)n3C)c2cc1C. The normalized spacial score (nSPS) is 11.6. The molecule has 0 saturated heterocycles. The first-order valence-electron chi connectivity index (χ1n) is 8.89. The zero-order chi connectivity index (χ0) is 20.2. The van der Waals surface area contributed by atoms with Gasteiger partial charge in [-0.05, 0) is 62.1 Å². The number of nitrogens with zero attached hydrogens (tertiary/aromatic N) is 2. The predicted molar refractivity (Wildman–Crippen MR) is 116 cm³/mol. The third kappa shape index (κ3) is 3.08. The number of thioether (sulfide) groups is 1. The minimum absolute atomic E-state index is 0.0294. The van der Waals surface area contributed by atoms with Crippen LogP contribution in [0, 0.1) is 27.7 Å². The molecule has 0 unspecified atom stereocenters. The quantitative estimate of drug-likeness (QED) is 0.279. The van der Waals surface area contributed by atoms with Crippen LogP contribution in [0.5, 0.6) is 0 Å². The molecule has 7 heteroatoms. The molecular formula is C21H20N2O3S2. The van der Waals surface area contributed by atoms with Crippen molar-refractivity contribution in [3.8, 4) is 0 Å². The summed E-state index contributed by atoms with van der Waals surface area (Å²) >= 11 is 3.00. The van der Waals surface area contributed by atoms with Crippen LogP contribution in [0.1, 0.15) is 27.1 Å². The summed E-state index contributed by atoms with van der Waals surface area (Å²) in [4.78, 5) is 31.4. The average Bonchev–Trinajstić information content (AvgIpc) is 2.92. The van der Waals surface area contributed by atoms with E-state index in [2.05, 4.69) is 0 Å². The van der Waals surface area contributed by atoms with Gasteiger partial charge >= 0.3 is 5.63 Å². The van der Waals surface area contributed by atoms with E-state index in [1.807, 2.05) is 39.8 Å². The second kappa shape index (κ2) is 6.90. The highest BCUT2D eigenvalue weighted by Gasteiger charge is 2.16. The van der Waals surface area contributed by atoms with Crippen LogP contribution in [0.3, 0.4) is 0 Å². The van der Waals surface area contributed by atoms with Crippen molar-refractivity contribution in [2.75, 3.05) is 0 Å². The van der Waals surface area contributed by atoms with Crippen LogP contribution in [0.4, 0.5) is 0 Å². The first-order valence-corrected chi connectivity index (χ1v) is 10.7. The molecule has 0 aliphatic heterocycles. The summed E-state index contributed by atoms with van der Waals surface area (Å²) in [6.45, 7) is 8.00. The van der Waals surface area contributed by atoms with E-state index < -0.39 is 0 Å². The van der Waals surface area contributed by atoms with Gasteiger partial charge in [0.2, 0.25) is 0 Å². The Morgan fingerprint density at radius 2 is 1.82 bits per heavy atom. The zero-order valence-corrected chi connectivity index (χ0v) is 18.0. The lowest BCUT2D eigenvalue weighted by Crippen LogP contribution is -2.19. The van der Waals surface area contributed by atoms with Gasteiger partial charge in [0.05, 0.1) is 5.39 Å². The summed E-state index contributed by atoms with van der Waals surface area (Å²) in [5.74, 6) is 0.528. The summed E-state index contributed by atoms with van der Waals surface area (Å²) < 4.78 is 6.97. The maximum Gasteiger partial charge on any atom is 0.336 e. The molecule has 3 aromatic heterocycles. The maximum atomic E-state index is 12.8. The third-order valence-electron chi connectivity index (χ3n) is 5.17. The largest absolute Gasteiger partial charge is 0.423 e. The number of aromatic nitrogens is 2. The second-order valence-corrected chi connectivity index (χ2v) is 9.18. The first-order chi connectivity index (χ1) is 13.3. The van der Waals surface area contributed by atoms with Crippen molar-refractivity contribution >= 4 is 44.3 Å². The fourth-order valence-electron chi connectivity index (χ4n) is 3.23. The van der Waals surface area contributed by atoms with Gasteiger partial charge in [-0.15, -0.1) is 11.3 Å². The van der Waals surface area contributed by atoms with Crippen molar-refractivity contribution in [3.05, 3.63) is 66.1 Å². The lowest BCUT2D eigenvalue weighted by molar-refractivity contribution is 0.559. The predicted octanol–water partition coefficient (Wildman–Crippen LogP) is 4.63. The molecule has 0 N–H and O–H groups in total. The second-order valence-electron chi connectivity index (χ2n) is 7.03. The molecule has 0 radical (unpaired) electrons. The van der Waals surface area contributed by atoms with Crippen LogP contribution in [0.2, 0.25) is 0 Å². The molecule has 0 spiro atoms. The molecule has 28 heavy (non-hydrogen) atoms. The Hall–Kier alpha value is -2.38. The standard InChI is InChI=1S/C21H20N2O3S2/c1-10-6-15-14(8-17(24)26-16(15)7-11(10)2)9-27-21-22-19-18(20(25)23(21)5)12(3)13(4)28-19/h6-8H,9H2,1-5H3. The molecule has 0 bridgehead atoms. The Kier molecular flexibility index (Phi) is 4.67. The molecule has 0 fully saturated rings.